The lowest BCUT2D eigenvalue weighted by molar-refractivity contribution is 0.720. The third-order valence-corrected chi connectivity index (χ3v) is 7.52. The van der Waals surface area contributed by atoms with Crippen molar-refractivity contribution in [1.29, 1.82) is 0 Å². The summed E-state index contributed by atoms with van der Waals surface area (Å²) >= 11 is 7.76. The van der Waals surface area contributed by atoms with E-state index in [9.17, 15) is 0 Å². The van der Waals surface area contributed by atoms with Crippen molar-refractivity contribution in [3.05, 3.63) is 16.0 Å². The molecule has 2 unspecified atom stereocenters. The highest BCUT2D eigenvalue weighted by Gasteiger charge is 2.30. The summed E-state index contributed by atoms with van der Waals surface area (Å²) in [6, 6.07) is 0. The molecule has 1 fully saturated rings. The zero-order chi connectivity index (χ0) is 15.4. The molecule has 0 bridgehead atoms. The standard InChI is InChI=1S/C15H24BrN3S2/c1-5-10-13(21-8-7-20-10)15-18-12(9(3)4)11(16)14(19-15)17-6-2/h9-10,13H,5-8H2,1-4H3,(H,17,18,19). The van der Waals surface area contributed by atoms with E-state index in [1.165, 1.54) is 17.9 Å². The van der Waals surface area contributed by atoms with Crippen molar-refractivity contribution in [2.24, 2.45) is 0 Å². The molecule has 1 aliphatic rings. The lowest BCUT2D eigenvalue weighted by Crippen LogP contribution is -2.22. The average Bonchev–Trinajstić information content (AvgIpc) is 2.49. The lowest BCUT2D eigenvalue weighted by atomic mass is 10.1. The highest BCUT2D eigenvalue weighted by molar-refractivity contribution is 9.10. The van der Waals surface area contributed by atoms with E-state index in [0.29, 0.717) is 16.4 Å². The second kappa shape index (κ2) is 8.06. The predicted octanol–water partition coefficient (Wildman–Crippen LogP) is 5.09. The van der Waals surface area contributed by atoms with Crippen LogP contribution in [-0.2, 0) is 0 Å². The first-order valence-corrected chi connectivity index (χ1v) is 10.5. The van der Waals surface area contributed by atoms with Gasteiger partial charge in [0.15, 0.2) is 0 Å². The molecule has 1 aromatic heterocycles. The van der Waals surface area contributed by atoms with Gasteiger partial charge in [0, 0.05) is 23.3 Å². The van der Waals surface area contributed by atoms with Crippen LogP contribution in [0.15, 0.2) is 4.47 Å². The first-order chi connectivity index (χ1) is 10.1. The third-order valence-electron chi connectivity index (χ3n) is 3.49. The zero-order valence-electron chi connectivity index (χ0n) is 13.1. The lowest BCUT2D eigenvalue weighted by Gasteiger charge is -2.29. The number of nitrogens with zero attached hydrogens (tertiary/aromatic N) is 2. The molecule has 1 saturated heterocycles. The van der Waals surface area contributed by atoms with E-state index < -0.39 is 0 Å². The Balaban J connectivity index is 2.42. The van der Waals surface area contributed by atoms with E-state index in [0.717, 1.165) is 28.4 Å². The number of halogens is 1. The second-order valence-corrected chi connectivity index (χ2v) is 8.81. The molecule has 0 spiro atoms. The molecule has 0 amide bonds. The summed E-state index contributed by atoms with van der Waals surface area (Å²) in [5, 5.41) is 4.41. The maximum atomic E-state index is 4.90. The number of rotatable bonds is 5. The molecule has 0 aromatic carbocycles. The molecule has 0 saturated carbocycles. The van der Waals surface area contributed by atoms with Gasteiger partial charge in [-0.25, -0.2) is 9.97 Å². The summed E-state index contributed by atoms with van der Waals surface area (Å²) in [4.78, 5) is 9.73. The van der Waals surface area contributed by atoms with Gasteiger partial charge in [-0.2, -0.15) is 11.8 Å². The molecule has 6 heteroatoms. The summed E-state index contributed by atoms with van der Waals surface area (Å²) in [5.41, 5.74) is 1.11. The molecule has 1 N–H and O–H groups in total. The van der Waals surface area contributed by atoms with Crippen molar-refractivity contribution in [3.63, 3.8) is 0 Å². The summed E-state index contributed by atoms with van der Waals surface area (Å²) in [6.07, 6.45) is 1.18. The summed E-state index contributed by atoms with van der Waals surface area (Å²) in [7, 11) is 0. The van der Waals surface area contributed by atoms with Crippen LogP contribution in [0.25, 0.3) is 0 Å². The van der Waals surface area contributed by atoms with Gasteiger partial charge in [0.25, 0.3) is 0 Å². The molecule has 118 valence electrons. The van der Waals surface area contributed by atoms with Gasteiger partial charge >= 0.3 is 0 Å². The predicted molar refractivity (Wildman–Crippen MR) is 99.7 cm³/mol. The Bertz CT molecular complexity index is 482. The van der Waals surface area contributed by atoms with E-state index in [-0.39, 0.29) is 0 Å². The first-order valence-electron chi connectivity index (χ1n) is 7.62. The zero-order valence-corrected chi connectivity index (χ0v) is 16.4. The quantitative estimate of drug-likeness (QED) is 0.758. The summed E-state index contributed by atoms with van der Waals surface area (Å²) in [5.74, 6) is 4.77. The fourth-order valence-electron chi connectivity index (χ4n) is 2.42. The molecule has 2 atom stereocenters. The van der Waals surface area contributed by atoms with Gasteiger partial charge in [0.05, 0.1) is 15.4 Å². The smallest absolute Gasteiger partial charge is 0.145 e. The van der Waals surface area contributed by atoms with Crippen LogP contribution in [0.5, 0.6) is 0 Å². The Morgan fingerprint density at radius 3 is 2.57 bits per heavy atom. The fraction of sp³-hybridized carbons (Fsp3) is 0.733. The maximum absolute atomic E-state index is 4.90. The number of hydrogen-bond donors (Lipinski definition) is 1. The molecule has 2 heterocycles. The van der Waals surface area contributed by atoms with Crippen LogP contribution in [0.2, 0.25) is 0 Å². The van der Waals surface area contributed by atoms with Gasteiger partial charge in [-0.05, 0) is 35.2 Å². The van der Waals surface area contributed by atoms with E-state index in [2.05, 4.69) is 60.7 Å². The minimum absolute atomic E-state index is 0.389. The highest BCUT2D eigenvalue weighted by atomic mass is 79.9. The monoisotopic (exact) mass is 389 g/mol. The van der Waals surface area contributed by atoms with Crippen LogP contribution in [0.4, 0.5) is 5.82 Å². The molecule has 3 nitrogen and oxygen atoms in total. The van der Waals surface area contributed by atoms with Gasteiger partial charge < -0.3 is 5.32 Å². The summed E-state index contributed by atoms with van der Waals surface area (Å²) in [6.45, 7) is 9.61. The van der Waals surface area contributed by atoms with Crippen LogP contribution in [0, 0.1) is 0 Å². The number of aromatic nitrogens is 2. The molecular weight excluding hydrogens is 366 g/mol. The van der Waals surface area contributed by atoms with Gasteiger partial charge in [-0.1, -0.05) is 20.8 Å². The van der Waals surface area contributed by atoms with Crippen molar-refractivity contribution >= 4 is 45.3 Å². The first kappa shape index (κ1) is 17.4. The molecule has 21 heavy (non-hydrogen) atoms. The summed E-state index contributed by atoms with van der Waals surface area (Å²) < 4.78 is 1.02. The van der Waals surface area contributed by atoms with Crippen molar-refractivity contribution in [1.82, 2.24) is 9.97 Å². The number of thioether (sulfide) groups is 2. The van der Waals surface area contributed by atoms with Crippen molar-refractivity contribution in [2.45, 2.75) is 50.5 Å². The number of nitrogens with one attached hydrogen (secondary N) is 1. The Morgan fingerprint density at radius 1 is 1.24 bits per heavy atom. The van der Waals surface area contributed by atoms with E-state index in [4.69, 9.17) is 9.97 Å². The van der Waals surface area contributed by atoms with Crippen LogP contribution in [-0.4, -0.2) is 33.3 Å². The van der Waals surface area contributed by atoms with Crippen LogP contribution >= 0.6 is 39.5 Å². The molecule has 0 radical (unpaired) electrons. The average molecular weight is 390 g/mol. The van der Waals surface area contributed by atoms with Crippen LogP contribution in [0.3, 0.4) is 0 Å². The molecule has 1 aliphatic heterocycles. The van der Waals surface area contributed by atoms with Crippen molar-refractivity contribution < 1.29 is 0 Å². The van der Waals surface area contributed by atoms with Crippen LogP contribution < -0.4 is 5.32 Å². The van der Waals surface area contributed by atoms with E-state index in [1.54, 1.807) is 0 Å². The SMILES string of the molecule is CCNc1nc(C2SCCSC2CC)nc(C(C)C)c1Br. The van der Waals surface area contributed by atoms with Gasteiger partial charge in [-0.3, -0.25) is 0 Å². The molecule has 2 rings (SSSR count). The maximum Gasteiger partial charge on any atom is 0.145 e. The van der Waals surface area contributed by atoms with Gasteiger partial charge in [0.2, 0.25) is 0 Å². The highest BCUT2D eigenvalue weighted by Crippen LogP contribution is 2.44. The Kier molecular flexibility index (Phi) is 6.69. The largest absolute Gasteiger partial charge is 0.369 e. The number of anilines is 1. The van der Waals surface area contributed by atoms with E-state index in [1.807, 2.05) is 11.8 Å². The minimum atomic E-state index is 0.389. The van der Waals surface area contributed by atoms with Crippen molar-refractivity contribution in [2.75, 3.05) is 23.4 Å². The normalized spacial score (nSPS) is 22.6. The Morgan fingerprint density at radius 2 is 1.95 bits per heavy atom. The molecule has 1 aromatic rings. The van der Waals surface area contributed by atoms with Gasteiger partial charge in [0.1, 0.15) is 11.6 Å². The topological polar surface area (TPSA) is 37.8 Å². The van der Waals surface area contributed by atoms with Crippen molar-refractivity contribution in [3.8, 4) is 0 Å². The Labute approximate surface area is 145 Å². The Hall–Kier alpha value is 0.0600. The third kappa shape index (κ3) is 4.08. The van der Waals surface area contributed by atoms with E-state index >= 15 is 0 Å². The second-order valence-electron chi connectivity index (χ2n) is 5.42. The molecule has 0 aliphatic carbocycles. The van der Waals surface area contributed by atoms with Gasteiger partial charge in [-0.15, -0.1) is 11.8 Å². The number of hydrogen-bond acceptors (Lipinski definition) is 5. The fourth-order valence-corrected chi connectivity index (χ4v) is 6.19. The minimum Gasteiger partial charge on any atom is -0.369 e. The molecular formula is C15H24BrN3S2. The van der Waals surface area contributed by atoms with Crippen LogP contribution in [0.1, 0.15) is 56.8 Å².